The van der Waals surface area contributed by atoms with E-state index in [0.29, 0.717) is 24.7 Å². The molecule has 220 valence electrons. The molecule has 0 heterocycles. The average Bonchev–Trinajstić information content (AvgIpc) is 2.83. The van der Waals surface area contributed by atoms with Gasteiger partial charge in [0.25, 0.3) is 0 Å². The first kappa shape index (κ1) is 34.6. The number of carbonyl (C=O) groups is 2. The number of carboxylic acid groups (broad SMARTS) is 2. The molecule has 0 saturated heterocycles. The van der Waals surface area contributed by atoms with E-state index >= 15 is 0 Å². The van der Waals surface area contributed by atoms with Gasteiger partial charge in [0.2, 0.25) is 0 Å². The van der Waals surface area contributed by atoms with Crippen LogP contribution in [0.1, 0.15) is 83.2 Å². The van der Waals surface area contributed by atoms with Crippen molar-refractivity contribution in [2.45, 2.75) is 85.3 Å². The van der Waals surface area contributed by atoms with E-state index < -0.39 is 18.0 Å². The van der Waals surface area contributed by atoms with Crippen molar-refractivity contribution in [3.8, 4) is 5.75 Å². The van der Waals surface area contributed by atoms with E-state index in [1.54, 1.807) is 0 Å². The van der Waals surface area contributed by atoms with Gasteiger partial charge in [-0.25, -0.2) is 9.59 Å². The smallest absolute Gasteiger partial charge is 0.328 e. The molecule has 2 rings (SSSR count). The van der Waals surface area contributed by atoms with E-state index in [9.17, 15) is 14.7 Å². The Bertz CT molecular complexity index is 1110. The van der Waals surface area contributed by atoms with Crippen molar-refractivity contribution in [2.75, 3.05) is 13.2 Å². The SMILES string of the molecule is Cc1ccc(/C=C/c2cc(C(C)(C)C)c(OCC(O)CNC(C)C)c(C(C)(C)C)c2)cc1.O=C(O)/C=C\C(=O)O. The van der Waals surface area contributed by atoms with Gasteiger partial charge in [0.05, 0.1) is 0 Å². The summed E-state index contributed by atoms with van der Waals surface area (Å²) >= 11 is 0. The molecule has 4 N–H and O–H groups in total. The third kappa shape index (κ3) is 13.1. The standard InChI is InChI=1S/C29H43NO2.C4H4O4/c1-20(2)30-18-24(31)19-32-27-25(28(4,5)6)16-23(17-26(27)29(7,8)9)15-14-22-12-10-21(3)11-13-22;5-3(6)1-2-4(7)8/h10-17,20,24,30-31H,18-19H2,1-9H3;1-2H,(H,5,6)(H,7,8)/b15-14+;2-1-. The monoisotopic (exact) mass is 553 g/mol. The Morgan fingerprint density at radius 3 is 1.70 bits per heavy atom. The minimum Gasteiger partial charge on any atom is -0.490 e. The predicted molar refractivity (Wildman–Crippen MR) is 163 cm³/mol. The lowest BCUT2D eigenvalue weighted by molar-refractivity contribution is -0.134. The summed E-state index contributed by atoms with van der Waals surface area (Å²) in [5.41, 5.74) is 5.75. The third-order valence-corrected chi connectivity index (χ3v) is 5.82. The topological polar surface area (TPSA) is 116 Å². The van der Waals surface area contributed by atoms with Gasteiger partial charge in [-0.15, -0.1) is 0 Å². The van der Waals surface area contributed by atoms with Crippen molar-refractivity contribution in [2.24, 2.45) is 0 Å². The number of aliphatic carboxylic acids is 2. The molecule has 1 unspecified atom stereocenters. The highest BCUT2D eigenvalue weighted by atomic mass is 16.5. The lowest BCUT2D eigenvalue weighted by Gasteiger charge is -2.31. The number of benzene rings is 2. The van der Waals surface area contributed by atoms with Crippen LogP contribution in [0.4, 0.5) is 0 Å². The van der Waals surface area contributed by atoms with Gasteiger partial charge in [0, 0.05) is 35.9 Å². The van der Waals surface area contributed by atoms with Crippen LogP contribution in [-0.4, -0.2) is 52.6 Å². The van der Waals surface area contributed by atoms with Gasteiger partial charge in [-0.1, -0.05) is 97.4 Å². The minimum absolute atomic E-state index is 0.0931. The molecule has 0 amide bonds. The van der Waals surface area contributed by atoms with Crippen molar-refractivity contribution in [3.05, 3.63) is 76.4 Å². The van der Waals surface area contributed by atoms with Crippen LogP contribution < -0.4 is 10.1 Å². The maximum Gasteiger partial charge on any atom is 0.328 e. The third-order valence-electron chi connectivity index (χ3n) is 5.82. The van der Waals surface area contributed by atoms with Crippen LogP contribution in [0.3, 0.4) is 0 Å². The Hall–Kier alpha value is -3.42. The fraction of sp³-hybridized carbons (Fsp3) is 0.455. The van der Waals surface area contributed by atoms with Crippen LogP contribution in [0.25, 0.3) is 12.2 Å². The second-order valence-electron chi connectivity index (χ2n) is 12.2. The Balaban J connectivity index is 0.000000869. The molecule has 1 atom stereocenters. The van der Waals surface area contributed by atoms with Crippen molar-refractivity contribution in [1.82, 2.24) is 5.32 Å². The number of carboxylic acids is 2. The molecule has 0 aliphatic carbocycles. The second-order valence-corrected chi connectivity index (χ2v) is 12.2. The largest absolute Gasteiger partial charge is 0.490 e. The van der Waals surface area contributed by atoms with Crippen LogP contribution >= 0.6 is 0 Å². The molecule has 0 saturated carbocycles. The summed E-state index contributed by atoms with van der Waals surface area (Å²) in [5, 5.41) is 29.3. The molecule has 40 heavy (non-hydrogen) atoms. The summed E-state index contributed by atoms with van der Waals surface area (Å²) < 4.78 is 6.33. The molecular formula is C33H47NO6. The number of hydrogen-bond donors (Lipinski definition) is 4. The molecule has 0 aliphatic rings. The molecule has 0 bridgehead atoms. The van der Waals surface area contributed by atoms with Gasteiger partial charge in [0.15, 0.2) is 0 Å². The van der Waals surface area contributed by atoms with E-state index in [2.05, 4.69) is 116 Å². The van der Waals surface area contributed by atoms with Crippen molar-refractivity contribution in [3.63, 3.8) is 0 Å². The maximum atomic E-state index is 10.4. The highest BCUT2D eigenvalue weighted by Gasteiger charge is 2.28. The molecule has 0 aromatic heterocycles. The molecule has 2 aromatic carbocycles. The van der Waals surface area contributed by atoms with Gasteiger partial charge in [0.1, 0.15) is 18.5 Å². The first-order valence-corrected chi connectivity index (χ1v) is 13.5. The van der Waals surface area contributed by atoms with E-state index in [1.165, 1.54) is 11.1 Å². The summed E-state index contributed by atoms with van der Waals surface area (Å²) in [6.07, 6.45) is 4.90. The van der Waals surface area contributed by atoms with Crippen molar-refractivity contribution < 1.29 is 29.6 Å². The molecule has 0 aliphatic heterocycles. The quantitative estimate of drug-likeness (QED) is 0.204. The number of aliphatic hydroxyl groups excluding tert-OH is 1. The molecular weight excluding hydrogens is 506 g/mol. The zero-order valence-corrected chi connectivity index (χ0v) is 25.4. The number of aliphatic hydroxyl groups is 1. The van der Waals surface area contributed by atoms with Gasteiger partial charge in [-0.05, 0) is 41.0 Å². The van der Waals surface area contributed by atoms with Crippen LogP contribution in [0, 0.1) is 6.92 Å². The molecule has 0 spiro atoms. The maximum absolute atomic E-state index is 10.4. The van der Waals surface area contributed by atoms with E-state index in [1.807, 2.05) is 0 Å². The number of ether oxygens (including phenoxy) is 1. The van der Waals surface area contributed by atoms with Crippen LogP contribution in [0.15, 0.2) is 48.6 Å². The predicted octanol–water partition coefficient (Wildman–Crippen LogP) is 6.21. The van der Waals surface area contributed by atoms with Crippen molar-refractivity contribution in [1.29, 1.82) is 0 Å². The Morgan fingerprint density at radius 2 is 1.30 bits per heavy atom. The Morgan fingerprint density at radius 1 is 0.850 bits per heavy atom. The number of aryl methyl sites for hydroxylation is 1. The Kier molecular flexibility index (Phi) is 13.3. The number of hydrogen-bond acceptors (Lipinski definition) is 5. The van der Waals surface area contributed by atoms with Crippen molar-refractivity contribution >= 4 is 24.1 Å². The molecule has 2 aromatic rings. The normalized spacial score (nSPS) is 12.9. The van der Waals surface area contributed by atoms with Gasteiger partial charge in [-0.3, -0.25) is 0 Å². The minimum atomic E-state index is -1.26. The van der Waals surface area contributed by atoms with Gasteiger partial charge < -0.3 is 25.4 Å². The van der Waals surface area contributed by atoms with E-state index in [4.69, 9.17) is 14.9 Å². The summed E-state index contributed by atoms with van der Waals surface area (Å²) in [4.78, 5) is 19.1. The average molecular weight is 554 g/mol. The molecule has 7 heteroatoms. The fourth-order valence-electron chi connectivity index (χ4n) is 3.64. The summed E-state index contributed by atoms with van der Waals surface area (Å²) in [6.45, 7) is 20.3. The van der Waals surface area contributed by atoms with E-state index in [0.717, 1.165) is 22.4 Å². The molecule has 7 nitrogen and oxygen atoms in total. The first-order chi connectivity index (χ1) is 18.4. The van der Waals surface area contributed by atoms with E-state index in [-0.39, 0.29) is 17.4 Å². The lowest BCUT2D eigenvalue weighted by atomic mass is 9.78. The van der Waals surface area contributed by atoms with Crippen LogP contribution in [0.5, 0.6) is 5.75 Å². The first-order valence-electron chi connectivity index (χ1n) is 13.5. The van der Waals surface area contributed by atoms with Crippen LogP contribution in [-0.2, 0) is 20.4 Å². The highest BCUT2D eigenvalue weighted by Crippen LogP contribution is 2.41. The number of nitrogens with one attached hydrogen (secondary N) is 1. The van der Waals surface area contributed by atoms with Gasteiger partial charge in [-0.2, -0.15) is 0 Å². The lowest BCUT2D eigenvalue weighted by Crippen LogP contribution is -2.35. The summed E-state index contributed by atoms with van der Waals surface area (Å²) in [7, 11) is 0. The Labute approximate surface area is 239 Å². The summed E-state index contributed by atoms with van der Waals surface area (Å²) in [6, 6.07) is 13.4. The van der Waals surface area contributed by atoms with Crippen LogP contribution in [0.2, 0.25) is 0 Å². The summed E-state index contributed by atoms with van der Waals surface area (Å²) in [5.74, 6) is -1.61. The second kappa shape index (κ2) is 15.4. The number of rotatable bonds is 10. The fourth-order valence-corrected chi connectivity index (χ4v) is 3.64. The molecule has 0 fully saturated rings. The zero-order chi connectivity index (χ0) is 30.7. The van der Waals surface area contributed by atoms with Gasteiger partial charge >= 0.3 is 11.9 Å². The highest BCUT2D eigenvalue weighted by molar-refractivity contribution is 5.89. The molecule has 0 radical (unpaired) electrons. The zero-order valence-electron chi connectivity index (χ0n) is 25.4.